The third-order valence-electron chi connectivity index (χ3n) is 3.59. The lowest BCUT2D eigenvalue weighted by molar-refractivity contribution is 0.291. The molecule has 2 unspecified atom stereocenters. The summed E-state index contributed by atoms with van der Waals surface area (Å²) in [6.07, 6.45) is 10.2. The Bertz CT molecular complexity index is 146. The number of allylic oxidation sites excluding steroid dienone is 1. The maximum atomic E-state index is 3.83. The summed E-state index contributed by atoms with van der Waals surface area (Å²) < 4.78 is 0. The van der Waals surface area contributed by atoms with Crippen LogP contribution >= 0.6 is 0 Å². The molecule has 0 aromatic carbocycles. The molecule has 0 N–H and O–H groups in total. The predicted octanol–water partition coefficient (Wildman–Crippen LogP) is 5.44. The first kappa shape index (κ1) is 14.7. The quantitative estimate of drug-likeness (QED) is 0.444. The van der Waals surface area contributed by atoms with E-state index in [-0.39, 0.29) is 0 Å². The van der Waals surface area contributed by atoms with Crippen LogP contribution in [0.1, 0.15) is 66.2 Å². The van der Waals surface area contributed by atoms with Gasteiger partial charge in [0.15, 0.2) is 0 Å². The Labute approximate surface area is 97.2 Å². The van der Waals surface area contributed by atoms with E-state index in [4.69, 9.17) is 0 Å². The first-order valence-electron chi connectivity index (χ1n) is 6.72. The molecule has 90 valence electrons. The van der Waals surface area contributed by atoms with Crippen LogP contribution in [-0.4, -0.2) is 0 Å². The van der Waals surface area contributed by atoms with Gasteiger partial charge in [0.1, 0.15) is 0 Å². The Morgan fingerprint density at radius 2 is 1.80 bits per heavy atom. The van der Waals surface area contributed by atoms with E-state index in [1.807, 2.05) is 0 Å². The molecule has 0 spiro atoms. The smallest absolute Gasteiger partial charge is 0.0351 e. The second-order valence-electron chi connectivity index (χ2n) is 5.33. The topological polar surface area (TPSA) is 0 Å². The van der Waals surface area contributed by atoms with Crippen molar-refractivity contribution >= 4 is 0 Å². The number of hydrogen-bond acceptors (Lipinski definition) is 0. The van der Waals surface area contributed by atoms with Crippen molar-refractivity contribution in [3.05, 3.63) is 12.7 Å². The highest BCUT2D eigenvalue weighted by Gasteiger charge is 2.14. The van der Waals surface area contributed by atoms with Crippen LogP contribution in [0.4, 0.5) is 0 Å². The largest absolute Gasteiger partial charge is 0.103 e. The first-order valence-corrected chi connectivity index (χ1v) is 6.72. The Morgan fingerprint density at radius 3 is 2.27 bits per heavy atom. The van der Waals surface area contributed by atoms with Crippen molar-refractivity contribution in [3.63, 3.8) is 0 Å². The van der Waals surface area contributed by atoms with E-state index in [1.54, 1.807) is 0 Å². The molecule has 0 nitrogen and oxygen atoms in total. The molecular formula is C15H30. The highest BCUT2D eigenvalue weighted by Crippen LogP contribution is 2.26. The van der Waals surface area contributed by atoms with Crippen molar-refractivity contribution in [2.24, 2.45) is 17.8 Å². The van der Waals surface area contributed by atoms with Crippen molar-refractivity contribution in [2.75, 3.05) is 0 Å². The molecule has 0 rings (SSSR count). The van der Waals surface area contributed by atoms with E-state index in [0.29, 0.717) is 0 Å². The van der Waals surface area contributed by atoms with Gasteiger partial charge in [-0.2, -0.15) is 0 Å². The van der Waals surface area contributed by atoms with Crippen LogP contribution in [0.15, 0.2) is 12.7 Å². The summed E-state index contributed by atoms with van der Waals surface area (Å²) in [5.41, 5.74) is 0. The van der Waals surface area contributed by atoms with Gasteiger partial charge in [0.05, 0.1) is 0 Å². The fraction of sp³-hybridized carbons (Fsp3) is 0.867. The average Bonchev–Trinajstić information content (AvgIpc) is 2.21. The van der Waals surface area contributed by atoms with Crippen LogP contribution < -0.4 is 0 Å². The van der Waals surface area contributed by atoms with Crippen LogP contribution in [0.5, 0.6) is 0 Å². The summed E-state index contributed by atoms with van der Waals surface area (Å²) in [7, 11) is 0. The van der Waals surface area contributed by atoms with Gasteiger partial charge < -0.3 is 0 Å². The van der Waals surface area contributed by atoms with E-state index >= 15 is 0 Å². The van der Waals surface area contributed by atoms with E-state index < -0.39 is 0 Å². The van der Waals surface area contributed by atoms with Crippen LogP contribution in [0.25, 0.3) is 0 Å². The van der Waals surface area contributed by atoms with Gasteiger partial charge in [-0.05, 0) is 37.0 Å². The standard InChI is InChI=1S/C15H30/c1-6-8-10-15(11-9-7-2)12-14(5)13(3)4/h6,13-15H,1,7-12H2,2-5H3. The number of unbranched alkanes of at least 4 members (excludes halogenated alkanes) is 1. The van der Waals surface area contributed by atoms with Crippen LogP contribution in [0, 0.1) is 17.8 Å². The van der Waals surface area contributed by atoms with Gasteiger partial charge in [0.25, 0.3) is 0 Å². The second kappa shape index (κ2) is 9.00. The molecule has 0 aliphatic carbocycles. The summed E-state index contributed by atoms with van der Waals surface area (Å²) in [6.45, 7) is 13.2. The lowest BCUT2D eigenvalue weighted by Gasteiger charge is -2.23. The normalized spacial score (nSPS) is 15.3. The van der Waals surface area contributed by atoms with Gasteiger partial charge in [-0.15, -0.1) is 6.58 Å². The monoisotopic (exact) mass is 210 g/mol. The highest BCUT2D eigenvalue weighted by atomic mass is 14.2. The molecule has 0 saturated heterocycles. The third kappa shape index (κ3) is 7.64. The minimum atomic E-state index is 0.831. The van der Waals surface area contributed by atoms with Crippen molar-refractivity contribution < 1.29 is 0 Å². The third-order valence-corrected chi connectivity index (χ3v) is 3.59. The molecule has 0 fully saturated rings. The van der Waals surface area contributed by atoms with Gasteiger partial charge in [-0.25, -0.2) is 0 Å². The van der Waals surface area contributed by atoms with Gasteiger partial charge in [-0.3, -0.25) is 0 Å². The molecule has 2 atom stereocenters. The first-order chi connectivity index (χ1) is 7.11. The van der Waals surface area contributed by atoms with Gasteiger partial charge in [-0.1, -0.05) is 53.0 Å². The molecule has 0 radical (unpaired) electrons. The molecule has 0 amide bonds. The van der Waals surface area contributed by atoms with Crippen molar-refractivity contribution in [1.29, 1.82) is 0 Å². The lowest BCUT2D eigenvalue weighted by atomic mass is 9.83. The van der Waals surface area contributed by atoms with E-state index in [1.165, 1.54) is 38.5 Å². The van der Waals surface area contributed by atoms with E-state index in [9.17, 15) is 0 Å². The molecule has 0 aliphatic rings. The van der Waals surface area contributed by atoms with Gasteiger partial charge in [0.2, 0.25) is 0 Å². The second-order valence-corrected chi connectivity index (χ2v) is 5.33. The lowest BCUT2D eigenvalue weighted by Crippen LogP contribution is -2.11. The van der Waals surface area contributed by atoms with Gasteiger partial charge >= 0.3 is 0 Å². The number of rotatable bonds is 9. The zero-order chi connectivity index (χ0) is 11.7. The fourth-order valence-electron chi connectivity index (χ4n) is 2.02. The molecule has 0 aromatic heterocycles. The summed E-state index contributed by atoms with van der Waals surface area (Å²) >= 11 is 0. The molecule has 0 aromatic rings. The summed E-state index contributed by atoms with van der Waals surface area (Å²) in [5, 5.41) is 0. The zero-order valence-electron chi connectivity index (χ0n) is 11.3. The molecule has 0 bridgehead atoms. The summed E-state index contributed by atoms with van der Waals surface area (Å²) in [6, 6.07) is 0. The number of hydrogen-bond donors (Lipinski definition) is 0. The van der Waals surface area contributed by atoms with Crippen molar-refractivity contribution in [2.45, 2.75) is 66.2 Å². The molecule has 0 aliphatic heterocycles. The van der Waals surface area contributed by atoms with Crippen molar-refractivity contribution in [1.82, 2.24) is 0 Å². The molecular weight excluding hydrogens is 180 g/mol. The molecule has 0 saturated carbocycles. The minimum absolute atomic E-state index is 0.831. The van der Waals surface area contributed by atoms with Crippen LogP contribution in [0.3, 0.4) is 0 Å². The Balaban J connectivity index is 3.92. The summed E-state index contributed by atoms with van der Waals surface area (Å²) in [5.74, 6) is 2.63. The van der Waals surface area contributed by atoms with Crippen LogP contribution in [-0.2, 0) is 0 Å². The van der Waals surface area contributed by atoms with Crippen LogP contribution in [0.2, 0.25) is 0 Å². The fourth-order valence-corrected chi connectivity index (χ4v) is 2.02. The molecule has 0 heteroatoms. The summed E-state index contributed by atoms with van der Waals surface area (Å²) in [4.78, 5) is 0. The Hall–Kier alpha value is -0.260. The average molecular weight is 210 g/mol. The molecule has 15 heavy (non-hydrogen) atoms. The SMILES string of the molecule is C=CCCC(CCCC)CC(C)C(C)C. The van der Waals surface area contributed by atoms with E-state index in [2.05, 4.69) is 40.3 Å². The Morgan fingerprint density at radius 1 is 1.13 bits per heavy atom. The highest BCUT2D eigenvalue weighted by molar-refractivity contribution is 4.72. The van der Waals surface area contributed by atoms with Gasteiger partial charge in [0, 0.05) is 0 Å². The Kier molecular flexibility index (Phi) is 8.85. The molecule has 0 heterocycles. The van der Waals surface area contributed by atoms with Crippen molar-refractivity contribution in [3.8, 4) is 0 Å². The maximum absolute atomic E-state index is 3.83. The maximum Gasteiger partial charge on any atom is -0.0351 e. The zero-order valence-corrected chi connectivity index (χ0v) is 11.3. The van der Waals surface area contributed by atoms with E-state index in [0.717, 1.165) is 17.8 Å². The predicted molar refractivity (Wildman–Crippen MR) is 71.1 cm³/mol. The minimum Gasteiger partial charge on any atom is -0.103 e.